The number of carboxylic acids is 1. The van der Waals surface area contributed by atoms with Crippen molar-refractivity contribution in [1.29, 1.82) is 0 Å². The van der Waals surface area contributed by atoms with Crippen LogP contribution in [0.15, 0.2) is 24.3 Å². The first-order valence-electron chi connectivity index (χ1n) is 8.79. The molecule has 4 heteroatoms. The largest absolute Gasteiger partial charge is 0.480 e. The monoisotopic (exact) mass is 348 g/mol. The fraction of sp³-hybridized carbons (Fsp3) is 0.600. The van der Waals surface area contributed by atoms with E-state index in [1.54, 1.807) is 0 Å². The number of rotatable bonds is 6. The molecule has 2 rings (SSSR count). The molecule has 0 radical (unpaired) electrons. The highest BCUT2D eigenvalue weighted by Crippen LogP contribution is 2.33. The van der Waals surface area contributed by atoms with E-state index in [1.165, 1.54) is 36.6 Å². The van der Waals surface area contributed by atoms with E-state index in [0.717, 1.165) is 12.8 Å². The van der Waals surface area contributed by atoms with E-state index in [-0.39, 0.29) is 17.6 Å². The Labute approximate surface area is 149 Å². The molecular formula is C20H28O3S. The van der Waals surface area contributed by atoms with Crippen molar-refractivity contribution in [2.24, 2.45) is 0 Å². The molecule has 0 aliphatic heterocycles. The fourth-order valence-corrected chi connectivity index (χ4v) is 4.50. The van der Waals surface area contributed by atoms with Gasteiger partial charge in [0.15, 0.2) is 5.78 Å². The van der Waals surface area contributed by atoms with Crippen molar-refractivity contribution in [3.63, 3.8) is 0 Å². The highest BCUT2D eigenvalue weighted by atomic mass is 32.2. The van der Waals surface area contributed by atoms with Crippen molar-refractivity contribution in [3.8, 4) is 0 Å². The first kappa shape index (κ1) is 19.0. The second-order valence-electron chi connectivity index (χ2n) is 7.68. The lowest BCUT2D eigenvalue weighted by Crippen LogP contribution is -2.24. The van der Waals surface area contributed by atoms with E-state index in [4.69, 9.17) is 0 Å². The quantitative estimate of drug-likeness (QED) is 0.729. The van der Waals surface area contributed by atoms with Crippen molar-refractivity contribution in [2.45, 2.75) is 75.2 Å². The molecule has 24 heavy (non-hydrogen) atoms. The number of Topliss-reactive ketones (excluding diaryl/α,β-unsaturated/α-hetero) is 1. The molecule has 1 fully saturated rings. The Morgan fingerprint density at radius 2 is 1.71 bits per heavy atom. The first-order valence-corrected chi connectivity index (χ1v) is 9.73. The normalized spacial score (nSPS) is 17.5. The summed E-state index contributed by atoms with van der Waals surface area (Å²) >= 11 is 1.48. The number of carbonyl (C=O) groups is 2. The molecule has 1 aliphatic carbocycles. The second kappa shape index (κ2) is 8.19. The lowest BCUT2D eigenvalue weighted by atomic mass is 9.86. The molecule has 0 heterocycles. The average Bonchev–Trinajstić information content (AvgIpc) is 2.54. The Morgan fingerprint density at radius 1 is 1.12 bits per heavy atom. The molecule has 0 spiro atoms. The van der Waals surface area contributed by atoms with Crippen LogP contribution in [0.3, 0.4) is 0 Å². The Hall–Kier alpha value is -1.29. The van der Waals surface area contributed by atoms with Gasteiger partial charge in [-0.3, -0.25) is 9.59 Å². The number of aliphatic carboxylic acids is 1. The van der Waals surface area contributed by atoms with Gasteiger partial charge in [0.1, 0.15) is 5.25 Å². The smallest absolute Gasteiger partial charge is 0.317 e. The molecule has 1 atom stereocenters. The predicted octanol–water partition coefficient (Wildman–Crippen LogP) is 5.08. The molecule has 1 aromatic carbocycles. The topological polar surface area (TPSA) is 54.4 Å². The van der Waals surface area contributed by atoms with Crippen LogP contribution in [0.1, 0.15) is 75.2 Å². The summed E-state index contributed by atoms with van der Waals surface area (Å²) in [5.74, 6) is -0.948. The van der Waals surface area contributed by atoms with Crippen LogP contribution >= 0.6 is 11.8 Å². The molecule has 0 unspecified atom stereocenters. The van der Waals surface area contributed by atoms with Crippen LogP contribution in [0.25, 0.3) is 0 Å². The first-order chi connectivity index (χ1) is 11.3. The van der Waals surface area contributed by atoms with Crippen molar-refractivity contribution in [3.05, 3.63) is 35.4 Å². The van der Waals surface area contributed by atoms with Gasteiger partial charge in [-0.05, 0) is 23.8 Å². The SMILES string of the molecule is CC(C)(C)c1ccc(C(=O)C[C@@H](SC2CCCCC2)C(=O)O)cc1. The molecule has 1 saturated carbocycles. The summed E-state index contributed by atoms with van der Waals surface area (Å²) in [7, 11) is 0. The predicted molar refractivity (Wildman–Crippen MR) is 100.0 cm³/mol. The van der Waals surface area contributed by atoms with Crippen LogP contribution in [0.4, 0.5) is 0 Å². The van der Waals surface area contributed by atoms with Gasteiger partial charge >= 0.3 is 5.97 Å². The van der Waals surface area contributed by atoms with Crippen molar-refractivity contribution >= 4 is 23.5 Å². The van der Waals surface area contributed by atoms with E-state index in [2.05, 4.69) is 20.8 Å². The lowest BCUT2D eigenvalue weighted by molar-refractivity contribution is -0.136. The summed E-state index contributed by atoms with van der Waals surface area (Å²) in [5, 5.41) is 9.23. The summed E-state index contributed by atoms with van der Waals surface area (Å²) in [6.07, 6.45) is 5.81. The van der Waals surface area contributed by atoms with Crippen LogP contribution in [-0.2, 0) is 10.2 Å². The summed E-state index contributed by atoms with van der Waals surface area (Å²) < 4.78 is 0. The number of benzene rings is 1. The van der Waals surface area contributed by atoms with E-state index in [0.29, 0.717) is 10.8 Å². The molecule has 0 aromatic heterocycles. The third-order valence-electron chi connectivity index (χ3n) is 4.63. The van der Waals surface area contributed by atoms with E-state index >= 15 is 0 Å². The van der Waals surface area contributed by atoms with Gasteiger partial charge in [-0.25, -0.2) is 0 Å². The summed E-state index contributed by atoms with van der Waals surface area (Å²) in [4.78, 5) is 24.0. The van der Waals surface area contributed by atoms with E-state index < -0.39 is 11.2 Å². The summed E-state index contributed by atoms with van der Waals surface area (Å²) in [5.41, 5.74) is 1.83. The molecule has 3 nitrogen and oxygen atoms in total. The number of hydrogen-bond acceptors (Lipinski definition) is 3. The van der Waals surface area contributed by atoms with Crippen LogP contribution in [0.5, 0.6) is 0 Å². The Bertz CT molecular complexity index is 566. The summed E-state index contributed by atoms with van der Waals surface area (Å²) in [6.45, 7) is 6.39. The van der Waals surface area contributed by atoms with Crippen molar-refractivity contribution in [1.82, 2.24) is 0 Å². The number of carboxylic acid groups (broad SMARTS) is 1. The van der Waals surface area contributed by atoms with Crippen molar-refractivity contribution in [2.75, 3.05) is 0 Å². The summed E-state index contributed by atoms with van der Waals surface area (Å²) in [6, 6.07) is 7.59. The maximum atomic E-state index is 12.5. The molecule has 1 aromatic rings. The van der Waals surface area contributed by atoms with Gasteiger partial charge in [0.05, 0.1) is 0 Å². The van der Waals surface area contributed by atoms with Crippen molar-refractivity contribution < 1.29 is 14.7 Å². The van der Waals surface area contributed by atoms with Gasteiger partial charge in [0, 0.05) is 17.2 Å². The van der Waals surface area contributed by atoms with Gasteiger partial charge in [-0.15, -0.1) is 11.8 Å². The Kier molecular flexibility index (Phi) is 6.50. The molecular weight excluding hydrogens is 320 g/mol. The van der Waals surface area contributed by atoms with E-state index in [9.17, 15) is 14.7 Å². The standard InChI is InChI=1S/C20H28O3S/c1-20(2,3)15-11-9-14(10-12-15)17(21)13-18(19(22)23)24-16-7-5-4-6-8-16/h9-12,16,18H,4-8,13H2,1-3H3,(H,22,23)/t18-/m1/s1. The molecule has 132 valence electrons. The second-order valence-corrected chi connectivity index (χ2v) is 9.19. The lowest BCUT2D eigenvalue weighted by Gasteiger charge is -2.24. The van der Waals surface area contributed by atoms with Crippen LogP contribution in [0, 0.1) is 0 Å². The van der Waals surface area contributed by atoms with Gasteiger partial charge in [0.25, 0.3) is 0 Å². The minimum absolute atomic E-state index is 0.0437. The number of hydrogen-bond donors (Lipinski definition) is 1. The third kappa shape index (κ3) is 5.37. The number of ketones is 1. The van der Waals surface area contributed by atoms with E-state index in [1.807, 2.05) is 24.3 Å². The van der Waals surface area contributed by atoms with Crippen LogP contribution < -0.4 is 0 Å². The molecule has 0 bridgehead atoms. The zero-order valence-electron chi connectivity index (χ0n) is 14.9. The maximum Gasteiger partial charge on any atom is 0.317 e. The zero-order valence-corrected chi connectivity index (χ0v) is 15.7. The number of carbonyl (C=O) groups excluding carboxylic acids is 1. The van der Waals surface area contributed by atoms with Crippen LogP contribution in [0.2, 0.25) is 0 Å². The Balaban J connectivity index is 2.00. The number of thioether (sulfide) groups is 1. The van der Waals surface area contributed by atoms with Gasteiger partial charge in [0.2, 0.25) is 0 Å². The molecule has 1 aliphatic rings. The molecule has 0 amide bonds. The fourth-order valence-electron chi connectivity index (χ4n) is 3.07. The Morgan fingerprint density at radius 3 is 2.21 bits per heavy atom. The minimum Gasteiger partial charge on any atom is -0.480 e. The van der Waals surface area contributed by atoms with Gasteiger partial charge in [-0.2, -0.15) is 0 Å². The highest BCUT2D eigenvalue weighted by Gasteiger charge is 2.27. The molecule has 1 N–H and O–H groups in total. The third-order valence-corrected chi connectivity index (χ3v) is 6.18. The maximum absolute atomic E-state index is 12.5. The highest BCUT2D eigenvalue weighted by molar-refractivity contribution is 8.01. The van der Waals surface area contributed by atoms with Crippen LogP contribution in [-0.4, -0.2) is 27.4 Å². The minimum atomic E-state index is -0.870. The van der Waals surface area contributed by atoms with Gasteiger partial charge in [-0.1, -0.05) is 64.3 Å². The molecule has 0 saturated heterocycles. The average molecular weight is 349 g/mol. The zero-order chi connectivity index (χ0) is 17.7. The van der Waals surface area contributed by atoms with Gasteiger partial charge < -0.3 is 5.11 Å².